The summed E-state index contributed by atoms with van der Waals surface area (Å²) >= 11 is 0. The Balaban J connectivity index is 1.43. The van der Waals surface area contributed by atoms with Gasteiger partial charge in [0.05, 0.1) is 5.69 Å². The maximum Gasteiger partial charge on any atom is 0.251 e. The number of nitrogens with one attached hydrogen (secondary N) is 2. The third kappa shape index (κ3) is 4.84. The van der Waals surface area contributed by atoms with Crippen LogP contribution in [-0.2, 0) is 6.54 Å². The predicted molar refractivity (Wildman–Crippen MR) is 115 cm³/mol. The van der Waals surface area contributed by atoms with Gasteiger partial charge in [-0.15, -0.1) is 0 Å². The summed E-state index contributed by atoms with van der Waals surface area (Å²) in [6, 6.07) is 28.9. The Labute approximate surface area is 169 Å². The molecule has 0 aliphatic carbocycles. The third-order valence-corrected chi connectivity index (χ3v) is 4.42. The van der Waals surface area contributed by atoms with E-state index in [2.05, 4.69) is 20.6 Å². The molecule has 0 atom stereocenters. The summed E-state index contributed by atoms with van der Waals surface area (Å²) in [6.07, 6.45) is 1.72. The molecule has 4 rings (SSSR count). The van der Waals surface area contributed by atoms with Crippen LogP contribution in [0.15, 0.2) is 97.2 Å². The molecular formula is C24H20N4O. The molecule has 0 saturated heterocycles. The van der Waals surface area contributed by atoms with Gasteiger partial charge in [-0.25, -0.2) is 9.97 Å². The molecule has 0 spiro atoms. The molecule has 0 saturated carbocycles. The average molecular weight is 380 g/mol. The Hall–Kier alpha value is -3.99. The van der Waals surface area contributed by atoms with Gasteiger partial charge < -0.3 is 10.6 Å². The number of anilines is 2. The number of para-hydroxylation sites is 1. The van der Waals surface area contributed by atoms with Crippen molar-refractivity contribution in [2.24, 2.45) is 0 Å². The number of rotatable bonds is 6. The molecule has 142 valence electrons. The van der Waals surface area contributed by atoms with Gasteiger partial charge in [0.1, 0.15) is 0 Å². The lowest BCUT2D eigenvalue weighted by molar-refractivity contribution is 0.0951. The van der Waals surface area contributed by atoms with E-state index < -0.39 is 0 Å². The Morgan fingerprint density at radius 2 is 1.48 bits per heavy atom. The quantitative estimate of drug-likeness (QED) is 0.503. The summed E-state index contributed by atoms with van der Waals surface area (Å²) < 4.78 is 0. The number of amides is 1. The van der Waals surface area contributed by atoms with Crippen LogP contribution in [0.1, 0.15) is 15.9 Å². The molecule has 5 heteroatoms. The maximum absolute atomic E-state index is 12.4. The van der Waals surface area contributed by atoms with Gasteiger partial charge >= 0.3 is 0 Å². The van der Waals surface area contributed by atoms with Crippen molar-refractivity contribution in [2.75, 3.05) is 5.32 Å². The largest absolute Gasteiger partial charge is 0.348 e. The molecule has 1 heterocycles. The Morgan fingerprint density at radius 3 is 2.21 bits per heavy atom. The van der Waals surface area contributed by atoms with Gasteiger partial charge in [-0.05, 0) is 35.9 Å². The van der Waals surface area contributed by atoms with E-state index >= 15 is 0 Å². The summed E-state index contributed by atoms with van der Waals surface area (Å²) in [4.78, 5) is 21.2. The summed E-state index contributed by atoms with van der Waals surface area (Å²) in [7, 11) is 0. The molecule has 0 aliphatic heterocycles. The maximum atomic E-state index is 12.4. The highest BCUT2D eigenvalue weighted by atomic mass is 16.1. The van der Waals surface area contributed by atoms with Crippen LogP contribution in [-0.4, -0.2) is 15.9 Å². The lowest BCUT2D eigenvalue weighted by atomic mass is 10.1. The molecule has 2 N–H and O–H groups in total. The van der Waals surface area contributed by atoms with Crippen molar-refractivity contribution in [3.63, 3.8) is 0 Å². The minimum atomic E-state index is -0.102. The summed E-state index contributed by atoms with van der Waals surface area (Å²) in [5.41, 5.74) is 4.31. The Kier molecular flexibility index (Phi) is 5.58. The zero-order chi connectivity index (χ0) is 19.9. The van der Waals surface area contributed by atoms with E-state index in [1.807, 2.05) is 91.0 Å². The molecule has 1 aromatic heterocycles. The van der Waals surface area contributed by atoms with Crippen molar-refractivity contribution in [3.8, 4) is 11.3 Å². The second-order valence-corrected chi connectivity index (χ2v) is 6.50. The molecule has 0 unspecified atom stereocenters. The van der Waals surface area contributed by atoms with E-state index in [-0.39, 0.29) is 5.91 Å². The number of aromatic nitrogens is 2. The van der Waals surface area contributed by atoms with Crippen LogP contribution in [0, 0.1) is 0 Å². The van der Waals surface area contributed by atoms with Gasteiger partial charge in [-0.3, -0.25) is 4.79 Å². The molecular weight excluding hydrogens is 360 g/mol. The van der Waals surface area contributed by atoms with E-state index in [9.17, 15) is 4.79 Å². The fraction of sp³-hybridized carbons (Fsp3) is 0.0417. The first-order valence-corrected chi connectivity index (χ1v) is 9.35. The van der Waals surface area contributed by atoms with Crippen LogP contribution in [0.25, 0.3) is 11.3 Å². The van der Waals surface area contributed by atoms with E-state index in [4.69, 9.17) is 0 Å². The van der Waals surface area contributed by atoms with Crippen LogP contribution in [0.4, 0.5) is 11.6 Å². The van der Waals surface area contributed by atoms with Gasteiger partial charge in [0.25, 0.3) is 5.91 Å². The highest BCUT2D eigenvalue weighted by Gasteiger charge is 2.07. The van der Waals surface area contributed by atoms with Crippen molar-refractivity contribution in [1.82, 2.24) is 15.3 Å². The number of nitrogens with zero attached hydrogens (tertiary/aromatic N) is 2. The zero-order valence-electron chi connectivity index (χ0n) is 15.7. The second kappa shape index (κ2) is 8.80. The van der Waals surface area contributed by atoms with Gasteiger partial charge in [0.2, 0.25) is 5.95 Å². The molecule has 29 heavy (non-hydrogen) atoms. The van der Waals surface area contributed by atoms with Crippen molar-refractivity contribution in [2.45, 2.75) is 6.54 Å². The molecule has 0 aliphatic rings. The molecule has 4 aromatic rings. The van der Waals surface area contributed by atoms with Crippen molar-refractivity contribution >= 4 is 17.5 Å². The van der Waals surface area contributed by atoms with E-state index in [0.29, 0.717) is 18.1 Å². The number of carbonyl (C=O) groups is 1. The van der Waals surface area contributed by atoms with E-state index in [1.54, 1.807) is 6.20 Å². The fourth-order valence-corrected chi connectivity index (χ4v) is 2.90. The van der Waals surface area contributed by atoms with Crippen molar-refractivity contribution < 1.29 is 4.79 Å². The van der Waals surface area contributed by atoms with Crippen molar-refractivity contribution in [1.29, 1.82) is 0 Å². The van der Waals surface area contributed by atoms with Gasteiger partial charge in [0.15, 0.2) is 0 Å². The third-order valence-electron chi connectivity index (χ3n) is 4.42. The van der Waals surface area contributed by atoms with Gasteiger partial charge in [0, 0.05) is 29.6 Å². The van der Waals surface area contributed by atoms with Crippen LogP contribution in [0.2, 0.25) is 0 Å². The highest BCUT2D eigenvalue weighted by molar-refractivity contribution is 5.94. The van der Waals surface area contributed by atoms with Crippen LogP contribution >= 0.6 is 0 Å². The minimum absolute atomic E-state index is 0.102. The Morgan fingerprint density at radius 1 is 0.793 bits per heavy atom. The first-order valence-electron chi connectivity index (χ1n) is 9.35. The SMILES string of the molecule is O=C(NCc1ccccc1)c1ccc(-c2ccnc(Nc3ccccc3)n2)cc1. The first kappa shape index (κ1) is 18.4. The normalized spacial score (nSPS) is 10.3. The smallest absolute Gasteiger partial charge is 0.251 e. The monoisotopic (exact) mass is 380 g/mol. The highest BCUT2D eigenvalue weighted by Crippen LogP contribution is 2.20. The van der Waals surface area contributed by atoms with Crippen LogP contribution in [0.3, 0.4) is 0 Å². The molecule has 0 radical (unpaired) electrons. The first-order chi connectivity index (χ1) is 14.3. The molecule has 5 nitrogen and oxygen atoms in total. The molecule has 0 fully saturated rings. The predicted octanol–water partition coefficient (Wildman–Crippen LogP) is 4.82. The topological polar surface area (TPSA) is 66.9 Å². The van der Waals surface area contributed by atoms with Crippen LogP contribution in [0.5, 0.6) is 0 Å². The minimum Gasteiger partial charge on any atom is -0.348 e. The number of carbonyl (C=O) groups excluding carboxylic acids is 1. The second-order valence-electron chi connectivity index (χ2n) is 6.50. The lowest BCUT2D eigenvalue weighted by Crippen LogP contribution is -2.22. The lowest BCUT2D eigenvalue weighted by Gasteiger charge is -2.08. The van der Waals surface area contributed by atoms with Gasteiger partial charge in [-0.2, -0.15) is 0 Å². The number of hydrogen-bond donors (Lipinski definition) is 2. The fourth-order valence-electron chi connectivity index (χ4n) is 2.90. The summed E-state index contributed by atoms with van der Waals surface area (Å²) in [5, 5.41) is 6.13. The average Bonchev–Trinajstić information content (AvgIpc) is 2.79. The molecule has 0 bridgehead atoms. The van der Waals surface area contributed by atoms with E-state index in [1.165, 1.54) is 0 Å². The Bertz CT molecular complexity index is 1080. The van der Waals surface area contributed by atoms with Crippen molar-refractivity contribution in [3.05, 3.63) is 108 Å². The number of benzene rings is 3. The summed E-state index contributed by atoms with van der Waals surface area (Å²) in [6.45, 7) is 0.502. The van der Waals surface area contributed by atoms with Gasteiger partial charge in [-0.1, -0.05) is 60.7 Å². The zero-order valence-corrected chi connectivity index (χ0v) is 15.7. The molecule has 1 amide bonds. The molecule has 3 aromatic carbocycles. The summed E-state index contributed by atoms with van der Waals surface area (Å²) in [5.74, 6) is 0.424. The number of hydrogen-bond acceptors (Lipinski definition) is 4. The van der Waals surface area contributed by atoms with Crippen LogP contribution < -0.4 is 10.6 Å². The van der Waals surface area contributed by atoms with E-state index in [0.717, 1.165) is 22.5 Å². The standard InChI is InChI=1S/C24H20N4O/c29-23(26-17-18-7-3-1-4-8-18)20-13-11-19(12-14-20)22-15-16-25-24(28-22)27-21-9-5-2-6-10-21/h1-16H,17H2,(H,26,29)(H,25,27,28).